The van der Waals surface area contributed by atoms with Crippen LogP contribution < -0.4 is 4.90 Å². The first-order valence-electron chi connectivity index (χ1n) is 5.14. The van der Waals surface area contributed by atoms with Crippen molar-refractivity contribution >= 4 is 12.2 Å². The van der Waals surface area contributed by atoms with Gasteiger partial charge in [0, 0.05) is 19.2 Å². The van der Waals surface area contributed by atoms with Gasteiger partial charge in [-0.2, -0.15) is 0 Å². The summed E-state index contributed by atoms with van der Waals surface area (Å²) in [5, 5.41) is 0. The van der Waals surface area contributed by atoms with E-state index < -0.39 is 0 Å². The number of anilines is 1. The Morgan fingerprint density at radius 2 is 2.00 bits per heavy atom. The van der Waals surface area contributed by atoms with Gasteiger partial charge in [0.1, 0.15) is 0 Å². The summed E-state index contributed by atoms with van der Waals surface area (Å²) >= 11 is 0. The van der Waals surface area contributed by atoms with E-state index in [4.69, 9.17) is 9.15 Å². The van der Waals surface area contributed by atoms with Crippen LogP contribution in [-0.4, -0.2) is 31.6 Å². The molecule has 1 aromatic heterocycles. The molecule has 1 saturated heterocycles. The smallest absolute Gasteiger partial charge is 0.196 e. The lowest BCUT2D eigenvalue weighted by Crippen LogP contribution is -2.45. The van der Waals surface area contributed by atoms with Crippen molar-refractivity contribution in [1.82, 2.24) is 0 Å². The molecule has 0 radical (unpaired) electrons. The van der Waals surface area contributed by atoms with Crippen molar-refractivity contribution in [3.05, 3.63) is 17.9 Å². The average Bonchev–Trinajstić information content (AvgIpc) is 2.64. The first-order chi connectivity index (χ1) is 7.19. The third-order valence-corrected chi connectivity index (χ3v) is 2.46. The number of aldehydes is 1. The highest BCUT2D eigenvalue weighted by Crippen LogP contribution is 2.22. The molecule has 0 aliphatic carbocycles. The standard InChI is InChI=1S/C11H15NO3/c1-8-5-12(6-9(2)14-8)11-4-3-10(7-13)15-11/h3-4,7-9H,5-6H2,1-2H3. The Labute approximate surface area is 88.8 Å². The van der Waals surface area contributed by atoms with Gasteiger partial charge >= 0.3 is 0 Å². The van der Waals surface area contributed by atoms with Crippen molar-refractivity contribution in [2.24, 2.45) is 0 Å². The third-order valence-electron chi connectivity index (χ3n) is 2.46. The highest BCUT2D eigenvalue weighted by atomic mass is 16.5. The molecule has 1 aromatic rings. The second-order valence-corrected chi connectivity index (χ2v) is 3.96. The minimum absolute atomic E-state index is 0.193. The summed E-state index contributed by atoms with van der Waals surface area (Å²) in [5.74, 6) is 1.12. The van der Waals surface area contributed by atoms with Gasteiger partial charge in [-0.3, -0.25) is 4.79 Å². The van der Waals surface area contributed by atoms with E-state index in [0.29, 0.717) is 5.76 Å². The zero-order chi connectivity index (χ0) is 10.8. The molecule has 0 aromatic carbocycles. The van der Waals surface area contributed by atoms with Gasteiger partial charge in [0.05, 0.1) is 12.2 Å². The van der Waals surface area contributed by atoms with Crippen LogP contribution in [0.2, 0.25) is 0 Å². The highest BCUT2D eigenvalue weighted by molar-refractivity contribution is 5.71. The summed E-state index contributed by atoms with van der Waals surface area (Å²) in [6.45, 7) is 5.67. The molecule has 4 nitrogen and oxygen atoms in total. The molecule has 4 heteroatoms. The number of furan rings is 1. The largest absolute Gasteiger partial charge is 0.438 e. The molecule has 0 bridgehead atoms. The van der Waals surface area contributed by atoms with Crippen LogP contribution in [0.3, 0.4) is 0 Å². The predicted molar refractivity (Wildman–Crippen MR) is 56.3 cm³/mol. The lowest BCUT2D eigenvalue weighted by atomic mass is 10.2. The Bertz CT molecular complexity index is 337. The van der Waals surface area contributed by atoms with Crippen LogP contribution in [-0.2, 0) is 4.74 Å². The van der Waals surface area contributed by atoms with Gasteiger partial charge in [0.15, 0.2) is 17.9 Å². The van der Waals surface area contributed by atoms with Crippen molar-refractivity contribution < 1.29 is 13.9 Å². The maximum atomic E-state index is 10.5. The van der Waals surface area contributed by atoms with E-state index in [1.54, 1.807) is 6.07 Å². The number of carbonyl (C=O) groups excluding carboxylic acids is 1. The van der Waals surface area contributed by atoms with E-state index in [0.717, 1.165) is 25.3 Å². The third kappa shape index (κ3) is 2.21. The first kappa shape index (κ1) is 10.2. The maximum absolute atomic E-state index is 10.5. The summed E-state index contributed by atoms with van der Waals surface area (Å²) < 4.78 is 11.0. The van der Waals surface area contributed by atoms with E-state index in [1.165, 1.54) is 0 Å². The van der Waals surface area contributed by atoms with Gasteiger partial charge < -0.3 is 14.1 Å². The number of rotatable bonds is 2. The summed E-state index contributed by atoms with van der Waals surface area (Å²) in [6.07, 6.45) is 1.11. The Morgan fingerprint density at radius 1 is 1.33 bits per heavy atom. The average molecular weight is 209 g/mol. The second-order valence-electron chi connectivity index (χ2n) is 3.96. The molecule has 15 heavy (non-hydrogen) atoms. The van der Waals surface area contributed by atoms with Crippen molar-refractivity contribution in [1.29, 1.82) is 0 Å². The maximum Gasteiger partial charge on any atom is 0.196 e. The number of nitrogens with zero attached hydrogens (tertiary/aromatic N) is 1. The van der Waals surface area contributed by atoms with E-state index in [-0.39, 0.29) is 12.2 Å². The molecule has 2 heterocycles. The van der Waals surface area contributed by atoms with Crippen LogP contribution in [0.5, 0.6) is 0 Å². The fourth-order valence-corrected chi connectivity index (χ4v) is 1.93. The summed E-state index contributed by atoms with van der Waals surface area (Å²) in [4.78, 5) is 12.6. The molecule has 0 N–H and O–H groups in total. The monoisotopic (exact) mass is 209 g/mol. The Hall–Kier alpha value is -1.29. The Kier molecular flexibility index (Phi) is 2.77. The van der Waals surface area contributed by atoms with E-state index >= 15 is 0 Å². The number of morpholine rings is 1. The summed E-state index contributed by atoms with van der Waals surface area (Å²) in [6, 6.07) is 3.52. The minimum atomic E-state index is 0.193. The number of ether oxygens (including phenoxy) is 1. The second kappa shape index (κ2) is 4.06. The minimum Gasteiger partial charge on any atom is -0.438 e. The zero-order valence-electron chi connectivity index (χ0n) is 8.97. The molecule has 0 saturated carbocycles. The Morgan fingerprint density at radius 3 is 2.53 bits per heavy atom. The first-order valence-corrected chi connectivity index (χ1v) is 5.14. The number of hydrogen-bond donors (Lipinski definition) is 0. The normalized spacial score (nSPS) is 26.7. The van der Waals surface area contributed by atoms with E-state index in [2.05, 4.69) is 4.90 Å². The van der Waals surface area contributed by atoms with Crippen molar-refractivity contribution in [3.63, 3.8) is 0 Å². The van der Waals surface area contributed by atoms with Crippen LogP contribution in [0, 0.1) is 0 Å². The molecular formula is C11H15NO3. The van der Waals surface area contributed by atoms with Crippen LogP contribution in [0.15, 0.2) is 16.5 Å². The van der Waals surface area contributed by atoms with E-state index in [9.17, 15) is 4.79 Å². The molecule has 1 fully saturated rings. The topological polar surface area (TPSA) is 42.7 Å². The summed E-state index contributed by atoms with van der Waals surface area (Å²) in [5.41, 5.74) is 0. The molecule has 2 rings (SSSR count). The zero-order valence-corrected chi connectivity index (χ0v) is 8.97. The van der Waals surface area contributed by atoms with Crippen molar-refractivity contribution in [3.8, 4) is 0 Å². The molecule has 82 valence electrons. The Balaban J connectivity index is 2.12. The lowest BCUT2D eigenvalue weighted by Gasteiger charge is -2.35. The van der Waals surface area contributed by atoms with E-state index in [1.807, 2.05) is 19.9 Å². The lowest BCUT2D eigenvalue weighted by molar-refractivity contribution is -0.00641. The van der Waals surface area contributed by atoms with Gasteiger partial charge in [-0.05, 0) is 19.9 Å². The summed E-state index contributed by atoms with van der Waals surface area (Å²) in [7, 11) is 0. The van der Waals surface area contributed by atoms with Crippen LogP contribution in [0.25, 0.3) is 0 Å². The SMILES string of the molecule is CC1CN(c2ccc(C=O)o2)CC(C)O1. The molecule has 1 aliphatic rings. The van der Waals surface area contributed by atoms with Gasteiger partial charge in [-0.1, -0.05) is 0 Å². The molecule has 0 amide bonds. The fraction of sp³-hybridized carbons (Fsp3) is 0.545. The number of carbonyl (C=O) groups is 1. The number of hydrogen-bond acceptors (Lipinski definition) is 4. The van der Waals surface area contributed by atoms with Crippen molar-refractivity contribution in [2.45, 2.75) is 26.1 Å². The predicted octanol–water partition coefficient (Wildman–Crippen LogP) is 1.71. The van der Waals surface area contributed by atoms with Crippen LogP contribution in [0.4, 0.5) is 5.88 Å². The molecule has 2 unspecified atom stereocenters. The van der Waals surface area contributed by atoms with Crippen molar-refractivity contribution in [2.75, 3.05) is 18.0 Å². The molecule has 0 spiro atoms. The molecule has 2 atom stereocenters. The van der Waals surface area contributed by atoms with Gasteiger partial charge in [-0.25, -0.2) is 0 Å². The van der Waals surface area contributed by atoms with Crippen LogP contribution in [0.1, 0.15) is 24.4 Å². The molecule has 1 aliphatic heterocycles. The fourth-order valence-electron chi connectivity index (χ4n) is 1.93. The quantitative estimate of drug-likeness (QED) is 0.695. The molecular weight excluding hydrogens is 194 g/mol. The van der Waals surface area contributed by atoms with Gasteiger partial charge in [-0.15, -0.1) is 0 Å². The van der Waals surface area contributed by atoms with Gasteiger partial charge in [0.25, 0.3) is 0 Å². The van der Waals surface area contributed by atoms with Crippen LogP contribution >= 0.6 is 0 Å². The van der Waals surface area contributed by atoms with Gasteiger partial charge in [0.2, 0.25) is 0 Å². The highest BCUT2D eigenvalue weighted by Gasteiger charge is 2.24.